The summed E-state index contributed by atoms with van der Waals surface area (Å²) in [6.45, 7) is 4.38. The third-order valence-corrected chi connectivity index (χ3v) is 2.36. The van der Waals surface area contributed by atoms with E-state index in [2.05, 4.69) is 10.6 Å². The van der Waals surface area contributed by atoms with Crippen LogP contribution in [0.4, 0.5) is 11.4 Å². The van der Waals surface area contributed by atoms with Crippen molar-refractivity contribution in [3.63, 3.8) is 0 Å². The van der Waals surface area contributed by atoms with E-state index >= 15 is 0 Å². The minimum atomic E-state index is -0.459. The van der Waals surface area contributed by atoms with Gasteiger partial charge in [-0.25, -0.2) is 0 Å². The van der Waals surface area contributed by atoms with Crippen molar-refractivity contribution < 1.29 is 9.72 Å². The molecule has 0 fully saturated rings. The van der Waals surface area contributed by atoms with Crippen LogP contribution in [-0.4, -0.2) is 23.9 Å². The van der Waals surface area contributed by atoms with Crippen molar-refractivity contribution in [3.05, 3.63) is 33.9 Å². The first-order valence-electron chi connectivity index (χ1n) is 5.80. The molecule has 0 aliphatic rings. The lowest BCUT2D eigenvalue weighted by Gasteiger charge is -2.08. The van der Waals surface area contributed by atoms with E-state index in [1.54, 1.807) is 19.1 Å². The van der Waals surface area contributed by atoms with Gasteiger partial charge in [-0.15, -0.1) is 0 Å². The number of amides is 1. The normalized spacial score (nSPS) is 9.89. The van der Waals surface area contributed by atoms with Crippen LogP contribution in [-0.2, 0) is 4.79 Å². The first kappa shape index (κ1) is 14.0. The van der Waals surface area contributed by atoms with Gasteiger partial charge in [0.05, 0.1) is 11.5 Å². The Kier molecular flexibility index (Phi) is 5.10. The number of anilines is 1. The second-order valence-electron chi connectivity index (χ2n) is 3.98. The quantitative estimate of drug-likeness (QED) is 0.597. The number of hydrogen-bond acceptors (Lipinski definition) is 4. The number of carbonyl (C=O) groups excluding carboxylic acids is 1. The van der Waals surface area contributed by atoms with Crippen LogP contribution in [0.25, 0.3) is 0 Å². The average Bonchev–Trinajstić information content (AvgIpc) is 2.34. The molecule has 0 heterocycles. The third-order valence-electron chi connectivity index (χ3n) is 2.36. The van der Waals surface area contributed by atoms with Crippen molar-refractivity contribution in [1.82, 2.24) is 5.32 Å². The fourth-order valence-corrected chi connectivity index (χ4v) is 1.44. The lowest BCUT2D eigenvalue weighted by Crippen LogP contribution is -2.30. The van der Waals surface area contributed by atoms with Crippen LogP contribution in [0.5, 0.6) is 0 Å². The van der Waals surface area contributed by atoms with Gasteiger partial charge < -0.3 is 10.6 Å². The van der Waals surface area contributed by atoms with Gasteiger partial charge in [0.2, 0.25) is 5.91 Å². The molecular formula is C12H17N3O3. The summed E-state index contributed by atoms with van der Waals surface area (Å²) in [4.78, 5) is 21.8. The minimum absolute atomic E-state index is 0.0155. The fraction of sp³-hybridized carbons (Fsp3) is 0.417. The highest BCUT2D eigenvalue weighted by Gasteiger charge is 2.14. The van der Waals surface area contributed by atoms with Crippen LogP contribution < -0.4 is 10.6 Å². The predicted octanol–water partition coefficient (Wildman–Crippen LogP) is 1.84. The van der Waals surface area contributed by atoms with Crippen LogP contribution in [0.15, 0.2) is 18.2 Å². The fourth-order valence-electron chi connectivity index (χ4n) is 1.44. The number of nitro benzene ring substituents is 1. The summed E-state index contributed by atoms with van der Waals surface area (Å²) >= 11 is 0. The van der Waals surface area contributed by atoms with Gasteiger partial charge in [-0.2, -0.15) is 0 Å². The maximum absolute atomic E-state index is 11.4. The molecule has 2 N–H and O–H groups in total. The van der Waals surface area contributed by atoms with Gasteiger partial charge in [-0.3, -0.25) is 14.9 Å². The van der Waals surface area contributed by atoms with Crippen molar-refractivity contribution in [3.8, 4) is 0 Å². The van der Waals surface area contributed by atoms with Gasteiger partial charge in [-0.05, 0) is 25.0 Å². The Balaban J connectivity index is 2.67. The molecule has 0 radical (unpaired) electrons. The Morgan fingerprint density at radius 3 is 2.78 bits per heavy atom. The largest absolute Gasteiger partial charge is 0.371 e. The second-order valence-corrected chi connectivity index (χ2v) is 3.98. The summed E-state index contributed by atoms with van der Waals surface area (Å²) in [7, 11) is 0. The molecule has 0 saturated carbocycles. The molecule has 0 aliphatic heterocycles. The molecule has 1 rings (SSSR count). The summed E-state index contributed by atoms with van der Waals surface area (Å²) in [6.07, 6.45) is 0.858. The molecule has 0 atom stereocenters. The molecule has 0 aliphatic carbocycles. The molecule has 1 aromatic carbocycles. The Hall–Kier alpha value is -2.11. The average molecular weight is 251 g/mol. The zero-order valence-corrected chi connectivity index (χ0v) is 10.5. The predicted molar refractivity (Wildman–Crippen MR) is 69.6 cm³/mol. The maximum Gasteiger partial charge on any atom is 0.292 e. The number of nitrogens with one attached hydrogen (secondary N) is 2. The number of nitrogens with zero attached hydrogens (tertiary/aromatic N) is 1. The molecule has 0 spiro atoms. The van der Waals surface area contributed by atoms with E-state index < -0.39 is 4.92 Å². The minimum Gasteiger partial charge on any atom is -0.371 e. The van der Waals surface area contributed by atoms with E-state index in [9.17, 15) is 14.9 Å². The van der Waals surface area contributed by atoms with Crippen molar-refractivity contribution in [2.45, 2.75) is 20.3 Å². The van der Waals surface area contributed by atoms with Gasteiger partial charge in [0.1, 0.15) is 5.69 Å². The number of carbonyl (C=O) groups is 1. The number of nitro groups is 1. The molecule has 1 aromatic rings. The zero-order valence-electron chi connectivity index (χ0n) is 10.5. The van der Waals surface area contributed by atoms with Gasteiger partial charge in [0.25, 0.3) is 5.69 Å². The number of hydrogen-bond donors (Lipinski definition) is 2. The standard InChI is InChI=1S/C12H17N3O3/c1-3-6-13-12(16)8-14-10-5-4-9(2)7-11(10)15(17)18/h4-5,7,14H,3,6,8H2,1-2H3,(H,13,16). The molecule has 0 saturated heterocycles. The summed E-state index contributed by atoms with van der Waals surface area (Å²) in [6, 6.07) is 4.85. The third kappa shape index (κ3) is 4.04. The number of rotatable bonds is 6. The van der Waals surface area contributed by atoms with E-state index in [0.717, 1.165) is 12.0 Å². The topological polar surface area (TPSA) is 84.3 Å². The molecular weight excluding hydrogens is 234 g/mol. The molecule has 0 bridgehead atoms. The maximum atomic E-state index is 11.4. The van der Waals surface area contributed by atoms with E-state index in [-0.39, 0.29) is 18.1 Å². The van der Waals surface area contributed by atoms with Crippen LogP contribution in [0.2, 0.25) is 0 Å². The molecule has 6 nitrogen and oxygen atoms in total. The van der Waals surface area contributed by atoms with Crippen molar-refractivity contribution >= 4 is 17.3 Å². The zero-order chi connectivity index (χ0) is 13.5. The molecule has 98 valence electrons. The van der Waals surface area contributed by atoms with Gasteiger partial charge in [0, 0.05) is 12.6 Å². The molecule has 1 amide bonds. The molecule has 0 aromatic heterocycles. The first-order chi connectivity index (χ1) is 8.54. The molecule has 0 unspecified atom stereocenters. The highest BCUT2D eigenvalue weighted by Crippen LogP contribution is 2.24. The summed E-state index contributed by atoms with van der Waals surface area (Å²) in [5.41, 5.74) is 1.15. The monoisotopic (exact) mass is 251 g/mol. The van der Waals surface area contributed by atoms with Crippen LogP contribution in [0.3, 0.4) is 0 Å². The Bertz CT molecular complexity index is 446. The smallest absolute Gasteiger partial charge is 0.292 e. The van der Waals surface area contributed by atoms with Crippen LogP contribution in [0.1, 0.15) is 18.9 Å². The van der Waals surface area contributed by atoms with Crippen molar-refractivity contribution in [2.24, 2.45) is 0 Å². The van der Waals surface area contributed by atoms with E-state index in [4.69, 9.17) is 0 Å². The lowest BCUT2D eigenvalue weighted by atomic mass is 10.2. The molecule has 18 heavy (non-hydrogen) atoms. The van der Waals surface area contributed by atoms with Crippen molar-refractivity contribution in [1.29, 1.82) is 0 Å². The highest BCUT2D eigenvalue weighted by atomic mass is 16.6. The summed E-state index contributed by atoms with van der Waals surface area (Å²) in [5, 5.41) is 16.3. The first-order valence-corrected chi connectivity index (χ1v) is 5.80. The van der Waals surface area contributed by atoms with Gasteiger partial charge >= 0.3 is 0 Å². The van der Waals surface area contributed by atoms with E-state index in [1.807, 2.05) is 6.92 Å². The van der Waals surface area contributed by atoms with Gasteiger partial charge in [0.15, 0.2) is 0 Å². The van der Waals surface area contributed by atoms with Crippen LogP contribution >= 0.6 is 0 Å². The Morgan fingerprint density at radius 1 is 1.44 bits per heavy atom. The van der Waals surface area contributed by atoms with E-state index in [0.29, 0.717) is 12.2 Å². The Morgan fingerprint density at radius 2 is 2.17 bits per heavy atom. The lowest BCUT2D eigenvalue weighted by molar-refractivity contribution is -0.384. The number of aryl methyl sites for hydroxylation is 1. The summed E-state index contributed by atoms with van der Waals surface area (Å²) < 4.78 is 0. The molecule has 6 heteroatoms. The second kappa shape index (κ2) is 6.58. The Labute approximate surface area is 106 Å². The van der Waals surface area contributed by atoms with Gasteiger partial charge in [-0.1, -0.05) is 13.0 Å². The van der Waals surface area contributed by atoms with Crippen molar-refractivity contribution in [2.75, 3.05) is 18.4 Å². The summed E-state index contributed by atoms with van der Waals surface area (Å²) in [5.74, 6) is -0.174. The SMILES string of the molecule is CCCNC(=O)CNc1ccc(C)cc1[N+](=O)[O-]. The van der Waals surface area contributed by atoms with E-state index in [1.165, 1.54) is 6.07 Å². The highest BCUT2D eigenvalue weighted by molar-refractivity contribution is 5.81. The number of benzene rings is 1. The van der Waals surface area contributed by atoms with Crippen LogP contribution in [0, 0.1) is 17.0 Å².